The van der Waals surface area contributed by atoms with Crippen LogP contribution in [0, 0.1) is 17.3 Å². The van der Waals surface area contributed by atoms with E-state index in [1.807, 2.05) is 22.6 Å². The molecular formula is C8H7I2NO3. The second-order valence-corrected chi connectivity index (χ2v) is 4.99. The fraction of sp³-hybridized carbons (Fsp3) is 0.250. The highest BCUT2D eigenvalue weighted by molar-refractivity contribution is 14.1. The van der Waals surface area contributed by atoms with Crippen LogP contribution in [-0.4, -0.2) is 12.0 Å². The molecule has 0 saturated carbocycles. The van der Waals surface area contributed by atoms with Crippen LogP contribution < -0.4 is 0 Å². The predicted octanol–water partition coefficient (Wildman–Crippen LogP) is 2.95. The summed E-state index contributed by atoms with van der Waals surface area (Å²) in [7, 11) is 1.52. The second kappa shape index (κ2) is 5.21. The van der Waals surface area contributed by atoms with E-state index < -0.39 is 0 Å². The number of hydrogen-bond acceptors (Lipinski definition) is 3. The molecule has 0 bridgehead atoms. The molecule has 0 aromatic heterocycles. The number of nitro groups is 1. The first-order valence-electron chi connectivity index (χ1n) is 3.67. The first-order chi connectivity index (χ1) is 6.56. The molecule has 0 N–H and O–H groups in total. The number of nitrogens with zero attached hydrogens (tertiary/aromatic N) is 1. The molecule has 14 heavy (non-hydrogen) atoms. The molecule has 76 valence electrons. The Morgan fingerprint density at radius 3 is 2.64 bits per heavy atom. The smallest absolute Gasteiger partial charge is 0.288 e. The third kappa shape index (κ3) is 2.76. The third-order valence-corrected chi connectivity index (χ3v) is 3.03. The highest BCUT2D eigenvalue weighted by Crippen LogP contribution is 2.28. The second-order valence-electron chi connectivity index (χ2n) is 2.59. The van der Waals surface area contributed by atoms with Crippen molar-refractivity contribution in [3.05, 3.63) is 35.0 Å². The molecule has 0 amide bonds. The van der Waals surface area contributed by atoms with E-state index in [-0.39, 0.29) is 17.2 Å². The molecule has 0 atom stereocenters. The number of ether oxygens (including phenoxy) is 1. The maximum atomic E-state index is 10.8. The van der Waals surface area contributed by atoms with Crippen molar-refractivity contribution >= 4 is 50.9 Å². The molecule has 0 heterocycles. The van der Waals surface area contributed by atoms with Crippen LogP contribution in [0.5, 0.6) is 0 Å². The van der Waals surface area contributed by atoms with Crippen molar-refractivity contribution in [3.8, 4) is 0 Å². The van der Waals surface area contributed by atoms with E-state index in [1.54, 1.807) is 12.1 Å². The van der Waals surface area contributed by atoms with Gasteiger partial charge in [-0.15, -0.1) is 0 Å². The molecule has 1 aromatic carbocycles. The minimum absolute atomic E-state index is 0.146. The SMILES string of the molecule is COCc1cc(I)cc(I)c1[N+](=O)[O-]. The van der Waals surface area contributed by atoms with Crippen molar-refractivity contribution in [2.75, 3.05) is 7.11 Å². The van der Waals surface area contributed by atoms with Crippen molar-refractivity contribution in [1.29, 1.82) is 0 Å². The Hall–Kier alpha value is 0.0400. The van der Waals surface area contributed by atoms with E-state index in [1.165, 1.54) is 7.11 Å². The zero-order valence-corrected chi connectivity index (χ0v) is 11.6. The van der Waals surface area contributed by atoms with Gasteiger partial charge in [-0.3, -0.25) is 10.1 Å². The van der Waals surface area contributed by atoms with E-state index in [0.717, 1.165) is 3.57 Å². The standard InChI is InChI=1S/C8H7I2NO3/c1-14-4-5-2-6(9)3-7(10)8(5)11(12)13/h2-3H,4H2,1H3. The molecule has 0 aliphatic rings. The Bertz CT molecular complexity index is 368. The molecule has 1 rings (SSSR count). The first kappa shape index (κ1) is 12.1. The Morgan fingerprint density at radius 1 is 1.50 bits per heavy atom. The summed E-state index contributed by atoms with van der Waals surface area (Å²) in [6, 6.07) is 3.54. The van der Waals surface area contributed by atoms with Gasteiger partial charge in [0.25, 0.3) is 5.69 Å². The number of methoxy groups -OCH3 is 1. The van der Waals surface area contributed by atoms with E-state index in [2.05, 4.69) is 22.6 Å². The summed E-state index contributed by atoms with van der Waals surface area (Å²) < 4.78 is 6.54. The van der Waals surface area contributed by atoms with Gasteiger partial charge in [0.15, 0.2) is 0 Å². The van der Waals surface area contributed by atoms with Gasteiger partial charge in [-0.1, -0.05) is 0 Å². The summed E-state index contributed by atoms with van der Waals surface area (Å²) in [6.45, 7) is 0.267. The Balaban J connectivity index is 3.28. The van der Waals surface area contributed by atoms with E-state index in [0.29, 0.717) is 9.13 Å². The van der Waals surface area contributed by atoms with Crippen molar-refractivity contribution in [2.24, 2.45) is 0 Å². The summed E-state index contributed by atoms with van der Waals surface area (Å²) in [6.07, 6.45) is 0. The van der Waals surface area contributed by atoms with E-state index in [9.17, 15) is 10.1 Å². The van der Waals surface area contributed by atoms with Gasteiger partial charge in [0.1, 0.15) is 0 Å². The summed E-state index contributed by atoms with van der Waals surface area (Å²) in [5, 5.41) is 10.8. The van der Waals surface area contributed by atoms with Crippen molar-refractivity contribution < 1.29 is 9.66 Å². The Morgan fingerprint density at radius 2 is 2.14 bits per heavy atom. The highest BCUT2D eigenvalue weighted by atomic mass is 127. The van der Waals surface area contributed by atoms with Crippen LogP contribution in [0.4, 0.5) is 5.69 Å². The highest BCUT2D eigenvalue weighted by Gasteiger charge is 2.18. The van der Waals surface area contributed by atoms with Gasteiger partial charge >= 0.3 is 0 Å². The average molecular weight is 419 g/mol. The van der Waals surface area contributed by atoms with Gasteiger partial charge in [0.05, 0.1) is 20.7 Å². The zero-order chi connectivity index (χ0) is 10.7. The number of halogens is 2. The van der Waals surface area contributed by atoms with Crippen molar-refractivity contribution in [1.82, 2.24) is 0 Å². The van der Waals surface area contributed by atoms with E-state index in [4.69, 9.17) is 4.74 Å². The zero-order valence-electron chi connectivity index (χ0n) is 7.29. The lowest BCUT2D eigenvalue weighted by atomic mass is 10.2. The summed E-state index contributed by atoms with van der Waals surface area (Å²) in [5.74, 6) is 0. The predicted molar refractivity (Wildman–Crippen MR) is 69.2 cm³/mol. The normalized spacial score (nSPS) is 10.2. The van der Waals surface area contributed by atoms with Crippen LogP contribution >= 0.6 is 45.2 Å². The molecular weight excluding hydrogens is 412 g/mol. The fourth-order valence-corrected chi connectivity index (χ4v) is 3.25. The van der Waals surface area contributed by atoms with Crippen LogP contribution in [0.15, 0.2) is 12.1 Å². The van der Waals surface area contributed by atoms with Crippen molar-refractivity contribution in [2.45, 2.75) is 6.61 Å². The molecule has 0 aliphatic heterocycles. The lowest BCUT2D eigenvalue weighted by molar-refractivity contribution is -0.386. The maximum Gasteiger partial charge on any atom is 0.288 e. The molecule has 0 saturated heterocycles. The molecule has 4 nitrogen and oxygen atoms in total. The van der Waals surface area contributed by atoms with Gasteiger partial charge in [0.2, 0.25) is 0 Å². The lowest BCUT2D eigenvalue weighted by Crippen LogP contribution is -2.00. The average Bonchev–Trinajstić information content (AvgIpc) is 2.01. The van der Waals surface area contributed by atoms with Gasteiger partial charge in [-0.05, 0) is 57.3 Å². The van der Waals surface area contributed by atoms with Crippen LogP contribution in [0.1, 0.15) is 5.56 Å². The summed E-state index contributed by atoms with van der Waals surface area (Å²) >= 11 is 4.09. The third-order valence-electron chi connectivity index (χ3n) is 1.59. The minimum Gasteiger partial charge on any atom is -0.380 e. The van der Waals surface area contributed by atoms with Crippen molar-refractivity contribution in [3.63, 3.8) is 0 Å². The number of benzene rings is 1. The van der Waals surface area contributed by atoms with Crippen LogP contribution in [0.25, 0.3) is 0 Å². The number of hydrogen-bond donors (Lipinski definition) is 0. The fourth-order valence-electron chi connectivity index (χ4n) is 1.09. The quantitative estimate of drug-likeness (QED) is 0.431. The van der Waals surface area contributed by atoms with Gasteiger partial charge in [-0.25, -0.2) is 0 Å². The van der Waals surface area contributed by atoms with Gasteiger partial charge in [-0.2, -0.15) is 0 Å². The molecule has 0 unspecified atom stereocenters. The molecule has 0 radical (unpaired) electrons. The maximum absolute atomic E-state index is 10.8. The number of rotatable bonds is 3. The van der Waals surface area contributed by atoms with Crippen LogP contribution in [-0.2, 0) is 11.3 Å². The summed E-state index contributed by atoms with van der Waals surface area (Å²) in [4.78, 5) is 10.4. The Kier molecular flexibility index (Phi) is 4.51. The van der Waals surface area contributed by atoms with Gasteiger partial charge < -0.3 is 4.74 Å². The van der Waals surface area contributed by atoms with E-state index >= 15 is 0 Å². The minimum atomic E-state index is -0.369. The molecule has 6 heteroatoms. The lowest BCUT2D eigenvalue weighted by Gasteiger charge is -2.04. The largest absolute Gasteiger partial charge is 0.380 e. The first-order valence-corrected chi connectivity index (χ1v) is 5.83. The van der Waals surface area contributed by atoms with Crippen LogP contribution in [0.2, 0.25) is 0 Å². The molecule has 0 aliphatic carbocycles. The van der Waals surface area contributed by atoms with Gasteiger partial charge in [0, 0.05) is 10.7 Å². The number of nitro benzene ring substituents is 1. The molecule has 0 spiro atoms. The molecule has 1 aromatic rings. The monoisotopic (exact) mass is 419 g/mol. The Labute approximate surface area is 108 Å². The molecule has 0 fully saturated rings. The topological polar surface area (TPSA) is 52.4 Å². The van der Waals surface area contributed by atoms with Crippen LogP contribution in [0.3, 0.4) is 0 Å². The summed E-state index contributed by atoms with van der Waals surface area (Å²) in [5.41, 5.74) is 0.765.